The second-order valence-corrected chi connectivity index (χ2v) is 4.94. The first-order chi connectivity index (χ1) is 8.84. The molecule has 0 saturated carbocycles. The lowest BCUT2D eigenvalue weighted by Crippen LogP contribution is -2.30. The van der Waals surface area contributed by atoms with Crippen molar-refractivity contribution >= 4 is 11.7 Å². The Bertz CT molecular complexity index is 679. The van der Waals surface area contributed by atoms with Crippen molar-refractivity contribution in [2.45, 2.75) is 31.7 Å². The van der Waals surface area contributed by atoms with E-state index in [-0.39, 0.29) is 11.6 Å². The van der Waals surface area contributed by atoms with E-state index in [0.29, 0.717) is 5.95 Å². The SMILES string of the molecule is O=c1c2c(nc3n1C1C=CC=CC1=N3)CCCC2. The van der Waals surface area contributed by atoms with Gasteiger partial charge in [0.15, 0.2) is 0 Å². The highest BCUT2D eigenvalue weighted by molar-refractivity contribution is 6.03. The third-order valence-electron chi connectivity index (χ3n) is 3.85. The van der Waals surface area contributed by atoms with Gasteiger partial charge in [0, 0.05) is 5.56 Å². The van der Waals surface area contributed by atoms with Crippen molar-refractivity contribution in [2.75, 3.05) is 0 Å². The Kier molecular flexibility index (Phi) is 1.95. The Morgan fingerprint density at radius 3 is 3.06 bits per heavy atom. The molecule has 1 unspecified atom stereocenters. The van der Waals surface area contributed by atoms with Crippen LogP contribution in [0.25, 0.3) is 0 Å². The van der Waals surface area contributed by atoms with Gasteiger partial charge in [0.05, 0.1) is 11.4 Å². The third kappa shape index (κ3) is 1.23. The third-order valence-corrected chi connectivity index (χ3v) is 3.85. The minimum absolute atomic E-state index is 0.0442. The molecule has 1 aliphatic heterocycles. The molecule has 0 amide bonds. The summed E-state index contributed by atoms with van der Waals surface area (Å²) in [5, 5.41) is 0. The predicted molar refractivity (Wildman–Crippen MR) is 69.6 cm³/mol. The van der Waals surface area contributed by atoms with Gasteiger partial charge in [-0.2, -0.15) is 0 Å². The van der Waals surface area contributed by atoms with Crippen LogP contribution in [0.15, 0.2) is 34.1 Å². The smallest absolute Gasteiger partial charge is 0.259 e. The zero-order chi connectivity index (χ0) is 12.1. The van der Waals surface area contributed by atoms with Crippen LogP contribution in [0, 0.1) is 0 Å². The summed E-state index contributed by atoms with van der Waals surface area (Å²) in [6.45, 7) is 0. The highest BCUT2D eigenvalue weighted by atomic mass is 16.1. The molecule has 0 fully saturated rings. The number of hydrogen-bond acceptors (Lipinski definition) is 3. The van der Waals surface area contributed by atoms with Gasteiger partial charge < -0.3 is 0 Å². The molecule has 4 nitrogen and oxygen atoms in total. The van der Waals surface area contributed by atoms with Crippen molar-refractivity contribution in [2.24, 2.45) is 4.99 Å². The number of hydrogen-bond donors (Lipinski definition) is 0. The van der Waals surface area contributed by atoms with E-state index in [1.54, 1.807) is 4.57 Å². The molecule has 0 spiro atoms. The lowest BCUT2D eigenvalue weighted by atomic mass is 9.97. The summed E-state index contributed by atoms with van der Waals surface area (Å²) in [6.07, 6.45) is 11.9. The molecule has 0 radical (unpaired) electrons. The number of allylic oxidation sites excluding steroid dienone is 4. The maximum atomic E-state index is 12.6. The van der Waals surface area contributed by atoms with Crippen molar-refractivity contribution in [3.63, 3.8) is 0 Å². The van der Waals surface area contributed by atoms with E-state index in [1.165, 1.54) is 0 Å². The Labute approximate surface area is 104 Å². The van der Waals surface area contributed by atoms with Crippen molar-refractivity contribution in [3.8, 4) is 0 Å². The highest BCUT2D eigenvalue weighted by Gasteiger charge is 2.29. The maximum absolute atomic E-state index is 12.6. The lowest BCUT2D eigenvalue weighted by Gasteiger charge is -2.18. The number of rotatable bonds is 0. The van der Waals surface area contributed by atoms with Gasteiger partial charge in [-0.1, -0.05) is 18.2 Å². The number of fused-ring (bicyclic) bond motifs is 4. The van der Waals surface area contributed by atoms with E-state index in [0.717, 1.165) is 42.7 Å². The second kappa shape index (κ2) is 3.51. The van der Waals surface area contributed by atoms with Gasteiger partial charge in [0.2, 0.25) is 5.95 Å². The molecule has 0 aromatic carbocycles. The molecule has 18 heavy (non-hydrogen) atoms. The van der Waals surface area contributed by atoms with Crippen molar-refractivity contribution in [1.82, 2.24) is 9.55 Å². The van der Waals surface area contributed by atoms with Crippen LogP contribution in [0.4, 0.5) is 5.95 Å². The summed E-state index contributed by atoms with van der Waals surface area (Å²) in [5.41, 5.74) is 2.90. The summed E-state index contributed by atoms with van der Waals surface area (Å²) in [7, 11) is 0. The minimum Gasteiger partial charge on any atom is -0.269 e. The molecule has 0 bridgehead atoms. The van der Waals surface area contributed by atoms with Crippen LogP contribution >= 0.6 is 0 Å². The van der Waals surface area contributed by atoms with E-state index in [9.17, 15) is 4.79 Å². The Morgan fingerprint density at radius 1 is 1.22 bits per heavy atom. The molecule has 1 aromatic rings. The van der Waals surface area contributed by atoms with E-state index in [2.05, 4.69) is 9.98 Å². The Balaban J connectivity index is 1.98. The van der Waals surface area contributed by atoms with E-state index < -0.39 is 0 Å². The largest absolute Gasteiger partial charge is 0.269 e. The molecule has 2 heterocycles. The zero-order valence-corrected chi connectivity index (χ0v) is 9.97. The number of aliphatic imine (C=N–C) groups is 1. The number of nitrogens with zero attached hydrogens (tertiary/aromatic N) is 3. The van der Waals surface area contributed by atoms with Crippen LogP contribution in [0.2, 0.25) is 0 Å². The maximum Gasteiger partial charge on any atom is 0.259 e. The molecule has 1 atom stereocenters. The average Bonchev–Trinajstić information content (AvgIpc) is 2.77. The molecular weight excluding hydrogens is 226 g/mol. The van der Waals surface area contributed by atoms with Crippen LogP contribution in [0.5, 0.6) is 0 Å². The second-order valence-electron chi connectivity index (χ2n) is 4.94. The quantitative estimate of drug-likeness (QED) is 0.694. The van der Waals surface area contributed by atoms with Gasteiger partial charge in [-0.05, 0) is 31.8 Å². The topological polar surface area (TPSA) is 47.2 Å². The first kappa shape index (κ1) is 10.00. The van der Waals surface area contributed by atoms with Crippen LogP contribution in [0.3, 0.4) is 0 Å². The van der Waals surface area contributed by atoms with E-state index in [1.807, 2.05) is 24.3 Å². The molecule has 4 rings (SSSR count). The Morgan fingerprint density at radius 2 is 2.11 bits per heavy atom. The standard InChI is InChI=1S/C14H13N3O/c18-13-9-5-1-2-6-10(9)15-14-16-11-7-3-4-8-12(11)17(13)14/h3-4,7-8,12H,1-2,5-6H2. The fraction of sp³-hybridized carbons (Fsp3) is 0.357. The summed E-state index contributed by atoms with van der Waals surface area (Å²) < 4.78 is 1.74. The number of aryl methyl sites for hydroxylation is 1. The van der Waals surface area contributed by atoms with Gasteiger partial charge >= 0.3 is 0 Å². The molecule has 3 aliphatic rings. The molecule has 90 valence electrons. The van der Waals surface area contributed by atoms with Gasteiger partial charge in [-0.25, -0.2) is 9.98 Å². The molecule has 4 heteroatoms. The minimum atomic E-state index is -0.0442. The van der Waals surface area contributed by atoms with E-state index in [4.69, 9.17) is 0 Å². The van der Waals surface area contributed by atoms with Crippen molar-refractivity contribution < 1.29 is 0 Å². The van der Waals surface area contributed by atoms with Crippen LogP contribution in [-0.4, -0.2) is 15.3 Å². The molecule has 0 N–H and O–H groups in total. The summed E-state index contributed by atoms with van der Waals surface area (Å²) in [4.78, 5) is 21.6. The van der Waals surface area contributed by atoms with Gasteiger partial charge in [0.25, 0.3) is 5.56 Å². The first-order valence-electron chi connectivity index (χ1n) is 6.42. The van der Waals surface area contributed by atoms with Crippen LogP contribution in [0.1, 0.15) is 30.1 Å². The van der Waals surface area contributed by atoms with Crippen molar-refractivity contribution in [3.05, 3.63) is 45.9 Å². The molecule has 2 aliphatic carbocycles. The van der Waals surface area contributed by atoms with Gasteiger partial charge in [-0.3, -0.25) is 9.36 Å². The fourth-order valence-electron chi connectivity index (χ4n) is 2.94. The molecule has 0 saturated heterocycles. The zero-order valence-electron chi connectivity index (χ0n) is 9.97. The highest BCUT2D eigenvalue weighted by Crippen LogP contribution is 2.30. The van der Waals surface area contributed by atoms with Crippen LogP contribution in [-0.2, 0) is 12.8 Å². The number of aromatic nitrogens is 2. The molecular formula is C14H13N3O. The summed E-state index contributed by atoms with van der Waals surface area (Å²) in [5.74, 6) is 0.580. The summed E-state index contributed by atoms with van der Waals surface area (Å²) in [6, 6.07) is -0.0442. The van der Waals surface area contributed by atoms with E-state index >= 15 is 0 Å². The lowest BCUT2D eigenvalue weighted by molar-refractivity contribution is 0.627. The Hall–Kier alpha value is -1.97. The first-order valence-corrected chi connectivity index (χ1v) is 6.42. The van der Waals surface area contributed by atoms with Crippen molar-refractivity contribution in [1.29, 1.82) is 0 Å². The molecule has 1 aromatic heterocycles. The average molecular weight is 239 g/mol. The summed E-state index contributed by atoms with van der Waals surface area (Å²) >= 11 is 0. The fourth-order valence-corrected chi connectivity index (χ4v) is 2.94. The van der Waals surface area contributed by atoms with Gasteiger partial charge in [0.1, 0.15) is 6.04 Å². The van der Waals surface area contributed by atoms with Gasteiger partial charge in [-0.15, -0.1) is 0 Å². The monoisotopic (exact) mass is 239 g/mol. The van der Waals surface area contributed by atoms with Crippen LogP contribution < -0.4 is 5.56 Å². The normalized spacial score (nSPS) is 23.3. The predicted octanol–water partition coefficient (Wildman–Crippen LogP) is 1.88.